The smallest absolute Gasteiger partial charge is 0.00699 e. The van der Waals surface area contributed by atoms with Crippen LogP contribution < -0.4 is 5.73 Å². The summed E-state index contributed by atoms with van der Waals surface area (Å²) in [6.45, 7) is 0. The summed E-state index contributed by atoms with van der Waals surface area (Å²) >= 11 is 0. The van der Waals surface area contributed by atoms with Gasteiger partial charge in [0.2, 0.25) is 0 Å². The monoisotopic (exact) mass is 153 g/mol. The van der Waals surface area contributed by atoms with Crippen molar-refractivity contribution in [2.75, 3.05) is 0 Å². The van der Waals surface area contributed by atoms with E-state index in [1.165, 1.54) is 44.9 Å². The zero-order valence-corrected chi connectivity index (χ0v) is 7.26. The van der Waals surface area contributed by atoms with Gasteiger partial charge in [-0.05, 0) is 24.7 Å². The summed E-state index contributed by atoms with van der Waals surface area (Å²) in [4.78, 5) is 0. The second kappa shape index (κ2) is 3.14. The van der Waals surface area contributed by atoms with E-state index >= 15 is 0 Å². The highest BCUT2D eigenvalue weighted by atomic mass is 14.7. The maximum atomic E-state index is 5.95. The van der Waals surface area contributed by atoms with E-state index in [1.54, 1.807) is 0 Å². The number of hydrogen-bond donors (Lipinski definition) is 1. The van der Waals surface area contributed by atoms with Crippen molar-refractivity contribution < 1.29 is 0 Å². The van der Waals surface area contributed by atoms with E-state index in [4.69, 9.17) is 5.73 Å². The number of hydrogen-bond acceptors (Lipinski definition) is 1. The van der Waals surface area contributed by atoms with Crippen molar-refractivity contribution in [3.8, 4) is 0 Å². The highest BCUT2D eigenvalue weighted by Crippen LogP contribution is 2.40. The van der Waals surface area contributed by atoms with Gasteiger partial charge in [-0.15, -0.1) is 0 Å². The highest BCUT2D eigenvalue weighted by molar-refractivity contribution is 4.89. The topological polar surface area (TPSA) is 26.0 Å². The molecule has 64 valence electrons. The molecule has 2 fully saturated rings. The van der Waals surface area contributed by atoms with E-state index in [0.717, 1.165) is 11.8 Å². The Labute approximate surface area is 69.4 Å². The Bertz CT molecular complexity index is 127. The van der Waals surface area contributed by atoms with Gasteiger partial charge >= 0.3 is 0 Å². The van der Waals surface area contributed by atoms with Crippen molar-refractivity contribution in [1.82, 2.24) is 0 Å². The van der Waals surface area contributed by atoms with Crippen molar-refractivity contribution in [1.29, 1.82) is 0 Å². The van der Waals surface area contributed by atoms with Crippen LogP contribution in [0.4, 0.5) is 0 Å². The standard InChI is InChI=1S/C10H19N/c11-10-7-6-9(10)8-4-2-1-3-5-8/h8-10H,1-7,11H2. The van der Waals surface area contributed by atoms with E-state index in [-0.39, 0.29) is 0 Å². The fraction of sp³-hybridized carbons (Fsp3) is 1.00. The SMILES string of the molecule is NC1CCC1C1CCCCC1. The van der Waals surface area contributed by atoms with Crippen LogP contribution in [-0.2, 0) is 0 Å². The average Bonchev–Trinajstić information content (AvgIpc) is 2.04. The zero-order valence-electron chi connectivity index (χ0n) is 7.26. The molecule has 1 nitrogen and oxygen atoms in total. The molecule has 2 aliphatic carbocycles. The Balaban J connectivity index is 1.83. The maximum absolute atomic E-state index is 5.95. The molecule has 0 saturated heterocycles. The molecular formula is C10H19N. The minimum atomic E-state index is 0.568. The summed E-state index contributed by atoms with van der Waals surface area (Å²) in [5, 5.41) is 0. The third kappa shape index (κ3) is 1.44. The van der Waals surface area contributed by atoms with Gasteiger partial charge in [0.05, 0.1) is 0 Å². The van der Waals surface area contributed by atoms with Gasteiger partial charge in [0.25, 0.3) is 0 Å². The van der Waals surface area contributed by atoms with Crippen LogP contribution in [0.1, 0.15) is 44.9 Å². The van der Waals surface area contributed by atoms with Crippen LogP contribution in [0, 0.1) is 11.8 Å². The molecule has 0 aromatic heterocycles. The molecule has 2 rings (SSSR count). The van der Waals surface area contributed by atoms with Crippen molar-refractivity contribution in [2.24, 2.45) is 17.6 Å². The van der Waals surface area contributed by atoms with E-state index < -0.39 is 0 Å². The minimum absolute atomic E-state index is 0.568. The molecule has 0 bridgehead atoms. The third-order valence-electron chi connectivity index (χ3n) is 3.64. The van der Waals surface area contributed by atoms with E-state index in [9.17, 15) is 0 Å². The highest BCUT2D eigenvalue weighted by Gasteiger charge is 2.34. The van der Waals surface area contributed by atoms with Crippen LogP contribution in [0.2, 0.25) is 0 Å². The predicted octanol–water partition coefficient (Wildman–Crippen LogP) is 2.30. The molecule has 2 atom stereocenters. The first kappa shape index (κ1) is 7.60. The van der Waals surface area contributed by atoms with Crippen molar-refractivity contribution in [3.63, 3.8) is 0 Å². The summed E-state index contributed by atoms with van der Waals surface area (Å²) in [5.74, 6) is 1.92. The fourth-order valence-electron chi connectivity index (χ4n) is 2.70. The normalized spacial score (nSPS) is 40.1. The lowest BCUT2D eigenvalue weighted by Crippen LogP contribution is -2.44. The summed E-state index contributed by atoms with van der Waals surface area (Å²) in [6.07, 6.45) is 10.1. The van der Waals surface area contributed by atoms with Gasteiger partial charge in [0.1, 0.15) is 0 Å². The van der Waals surface area contributed by atoms with Crippen molar-refractivity contribution in [3.05, 3.63) is 0 Å². The average molecular weight is 153 g/mol. The van der Waals surface area contributed by atoms with Crippen LogP contribution in [0.3, 0.4) is 0 Å². The van der Waals surface area contributed by atoms with Crippen LogP contribution in [0.15, 0.2) is 0 Å². The summed E-state index contributed by atoms with van der Waals surface area (Å²) in [5.41, 5.74) is 5.95. The van der Waals surface area contributed by atoms with Crippen LogP contribution in [0.5, 0.6) is 0 Å². The van der Waals surface area contributed by atoms with E-state index in [0.29, 0.717) is 6.04 Å². The van der Waals surface area contributed by atoms with Gasteiger partial charge in [-0.1, -0.05) is 32.1 Å². The molecule has 0 aliphatic heterocycles. The van der Waals surface area contributed by atoms with Crippen LogP contribution in [0.25, 0.3) is 0 Å². The van der Waals surface area contributed by atoms with Crippen molar-refractivity contribution >= 4 is 0 Å². The first-order chi connectivity index (χ1) is 5.38. The largest absolute Gasteiger partial charge is 0.327 e. The molecule has 11 heavy (non-hydrogen) atoms. The van der Waals surface area contributed by atoms with Crippen LogP contribution >= 0.6 is 0 Å². The molecule has 0 amide bonds. The Hall–Kier alpha value is -0.0400. The zero-order chi connectivity index (χ0) is 7.68. The quantitative estimate of drug-likeness (QED) is 0.614. The summed E-state index contributed by atoms with van der Waals surface area (Å²) in [6, 6.07) is 0.568. The van der Waals surface area contributed by atoms with Gasteiger partial charge in [0.15, 0.2) is 0 Å². The van der Waals surface area contributed by atoms with Gasteiger partial charge < -0.3 is 5.73 Å². The molecule has 2 saturated carbocycles. The van der Waals surface area contributed by atoms with E-state index in [2.05, 4.69) is 0 Å². The third-order valence-corrected chi connectivity index (χ3v) is 3.64. The summed E-state index contributed by atoms with van der Waals surface area (Å²) < 4.78 is 0. The first-order valence-electron chi connectivity index (χ1n) is 5.13. The fourth-order valence-corrected chi connectivity index (χ4v) is 2.70. The molecule has 0 heterocycles. The molecule has 2 N–H and O–H groups in total. The molecule has 0 radical (unpaired) electrons. The second-order valence-electron chi connectivity index (χ2n) is 4.30. The molecular weight excluding hydrogens is 134 g/mol. The Morgan fingerprint density at radius 3 is 2.00 bits per heavy atom. The molecule has 0 aromatic carbocycles. The van der Waals surface area contributed by atoms with Gasteiger partial charge in [-0.3, -0.25) is 0 Å². The van der Waals surface area contributed by atoms with Crippen molar-refractivity contribution in [2.45, 2.75) is 51.0 Å². The number of nitrogens with two attached hydrogens (primary N) is 1. The van der Waals surface area contributed by atoms with Gasteiger partial charge in [-0.25, -0.2) is 0 Å². The Morgan fingerprint density at radius 2 is 1.55 bits per heavy atom. The van der Waals surface area contributed by atoms with Gasteiger partial charge in [-0.2, -0.15) is 0 Å². The second-order valence-corrected chi connectivity index (χ2v) is 4.30. The Kier molecular flexibility index (Phi) is 2.17. The molecule has 2 unspecified atom stereocenters. The maximum Gasteiger partial charge on any atom is 0.00699 e. The number of rotatable bonds is 1. The van der Waals surface area contributed by atoms with E-state index in [1.807, 2.05) is 0 Å². The first-order valence-corrected chi connectivity index (χ1v) is 5.13. The lowest BCUT2D eigenvalue weighted by molar-refractivity contribution is 0.131. The molecule has 1 heteroatoms. The lowest BCUT2D eigenvalue weighted by Gasteiger charge is -2.41. The molecule has 2 aliphatic rings. The minimum Gasteiger partial charge on any atom is -0.327 e. The predicted molar refractivity (Wildman–Crippen MR) is 47.3 cm³/mol. The summed E-state index contributed by atoms with van der Waals surface area (Å²) in [7, 11) is 0. The van der Waals surface area contributed by atoms with Gasteiger partial charge in [0, 0.05) is 6.04 Å². The van der Waals surface area contributed by atoms with Crippen LogP contribution in [-0.4, -0.2) is 6.04 Å². The lowest BCUT2D eigenvalue weighted by atomic mass is 9.67. The molecule has 0 spiro atoms. The Morgan fingerprint density at radius 1 is 0.818 bits per heavy atom. The molecule has 0 aromatic rings.